The lowest BCUT2D eigenvalue weighted by Crippen LogP contribution is -2.61. The van der Waals surface area contributed by atoms with Crippen molar-refractivity contribution in [3.63, 3.8) is 0 Å². The molecular formula is C38H42O7. The Morgan fingerprint density at radius 3 is 1.40 bits per heavy atom. The van der Waals surface area contributed by atoms with E-state index in [1.54, 1.807) is 0 Å². The molecule has 45 heavy (non-hydrogen) atoms. The molecule has 1 aliphatic rings. The maximum absolute atomic E-state index is 12.3. The summed E-state index contributed by atoms with van der Waals surface area (Å²) in [7, 11) is 1.40. The lowest BCUT2D eigenvalue weighted by molar-refractivity contribution is -0.273. The summed E-state index contributed by atoms with van der Waals surface area (Å²) in [5.74, 6) is -0.304. The van der Waals surface area contributed by atoms with Crippen LogP contribution >= 0.6 is 0 Å². The zero-order valence-corrected chi connectivity index (χ0v) is 25.7. The molecule has 1 fully saturated rings. The van der Waals surface area contributed by atoms with E-state index in [9.17, 15) is 4.79 Å². The molecule has 0 aliphatic carbocycles. The number of rotatable bonds is 16. The number of esters is 1. The number of benzene rings is 4. The van der Waals surface area contributed by atoms with Gasteiger partial charge in [0.05, 0.1) is 46.2 Å². The molecule has 0 bridgehead atoms. The Labute approximate surface area is 266 Å². The number of hydrogen-bond acceptors (Lipinski definition) is 7. The van der Waals surface area contributed by atoms with E-state index >= 15 is 0 Å². The van der Waals surface area contributed by atoms with E-state index in [1.807, 2.05) is 121 Å². The number of methoxy groups -OCH3 is 1. The first kappa shape index (κ1) is 32.5. The summed E-state index contributed by atoms with van der Waals surface area (Å²) in [4.78, 5) is 12.3. The van der Waals surface area contributed by atoms with E-state index in [-0.39, 0.29) is 19.0 Å². The maximum Gasteiger partial charge on any atom is 0.305 e. The molecule has 1 saturated heterocycles. The van der Waals surface area contributed by atoms with E-state index in [2.05, 4.69) is 0 Å². The Hall–Kier alpha value is -3.85. The smallest absolute Gasteiger partial charge is 0.305 e. The van der Waals surface area contributed by atoms with Gasteiger partial charge in [-0.3, -0.25) is 4.79 Å². The molecule has 5 rings (SSSR count). The van der Waals surface area contributed by atoms with Gasteiger partial charge in [0.15, 0.2) is 0 Å². The Bertz CT molecular complexity index is 1390. The van der Waals surface area contributed by atoms with Gasteiger partial charge in [-0.15, -0.1) is 0 Å². The second-order valence-corrected chi connectivity index (χ2v) is 11.1. The van der Waals surface area contributed by atoms with Gasteiger partial charge in [-0.2, -0.15) is 0 Å². The van der Waals surface area contributed by atoms with Gasteiger partial charge in [0.1, 0.15) is 24.4 Å². The van der Waals surface area contributed by atoms with Gasteiger partial charge in [-0.25, -0.2) is 0 Å². The molecule has 5 atom stereocenters. The third kappa shape index (κ3) is 10.1. The number of carbonyl (C=O) groups excluding carboxylic acids is 1. The lowest BCUT2D eigenvalue weighted by atomic mass is 9.91. The largest absolute Gasteiger partial charge is 0.469 e. The highest BCUT2D eigenvalue weighted by molar-refractivity contribution is 5.69. The number of ether oxygens (including phenoxy) is 6. The molecule has 1 aliphatic heterocycles. The quantitative estimate of drug-likeness (QED) is 0.131. The molecule has 0 spiro atoms. The lowest BCUT2D eigenvalue weighted by Gasteiger charge is -2.46. The Balaban J connectivity index is 1.43. The van der Waals surface area contributed by atoms with Crippen LogP contribution in [0.25, 0.3) is 0 Å². The van der Waals surface area contributed by atoms with Crippen LogP contribution in [0.3, 0.4) is 0 Å². The van der Waals surface area contributed by atoms with Gasteiger partial charge >= 0.3 is 5.97 Å². The first-order valence-corrected chi connectivity index (χ1v) is 15.5. The summed E-state index contributed by atoms with van der Waals surface area (Å²) in [6, 6.07) is 40.1. The van der Waals surface area contributed by atoms with Crippen LogP contribution in [0.2, 0.25) is 0 Å². The Morgan fingerprint density at radius 2 is 0.956 bits per heavy atom. The van der Waals surface area contributed by atoms with Crippen molar-refractivity contribution in [2.75, 3.05) is 13.7 Å². The van der Waals surface area contributed by atoms with Crippen LogP contribution in [0.15, 0.2) is 121 Å². The van der Waals surface area contributed by atoms with Crippen molar-refractivity contribution in [1.29, 1.82) is 0 Å². The first-order valence-electron chi connectivity index (χ1n) is 15.5. The molecule has 1 heterocycles. The molecular weight excluding hydrogens is 568 g/mol. The predicted molar refractivity (Wildman–Crippen MR) is 171 cm³/mol. The third-order valence-electron chi connectivity index (χ3n) is 7.84. The van der Waals surface area contributed by atoms with Crippen LogP contribution in [0, 0.1) is 0 Å². The standard InChI is InChI=1S/C38H42O7/c1-40-35(39)23-22-33-36(42-25-30-16-8-3-9-17-30)38(44-27-32-20-12-5-13-21-32)37(43-26-31-18-10-4-11-19-31)34(45-33)28-41-24-29-14-6-2-7-15-29/h2-21,33-34,36-38H,22-28H2,1H3/t33-,34-,36+,37-,38-/m1/s1. The minimum Gasteiger partial charge on any atom is -0.469 e. The van der Waals surface area contributed by atoms with Gasteiger partial charge < -0.3 is 28.4 Å². The predicted octanol–water partition coefficient (Wildman–Crippen LogP) is 6.68. The second-order valence-electron chi connectivity index (χ2n) is 11.1. The van der Waals surface area contributed by atoms with Gasteiger partial charge in [0.25, 0.3) is 0 Å². The normalized spacial score (nSPS) is 21.3. The van der Waals surface area contributed by atoms with Crippen LogP contribution in [-0.4, -0.2) is 50.2 Å². The third-order valence-corrected chi connectivity index (χ3v) is 7.84. The molecule has 0 amide bonds. The fraction of sp³-hybridized carbons (Fsp3) is 0.342. The van der Waals surface area contributed by atoms with E-state index in [0.717, 1.165) is 22.3 Å². The molecule has 0 radical (unpaired) electrons. The fourth-order valence-electron chi connectivity index (χ4n) is 5.48. The Morgan fingerprint density at radius 1 is 0.556 bits per heavy atom. The van der Waals surface area contributed by atoms with Crippen molar-refractivity contribution in [3.05, 3.63) is 144 Å². The van der Waals surface area contributed by atoms with Gasteiger partial charge in [-0.1, -0.05) is 121 Å². The average molecular weight is 611 g/mol. The molecule has 0 unspecified atom stereocenters. The van der Waals surface area contributed by atoms with Crippen LogP contribution in [-0.2, 0) is 59.6 Å². The summed E-state index contributed by atoms with van der Waals surface area (Å²) < 4.78 is 38.0. The van der Waals surface area contributed by atoms with Gasteiger partial charge in [-0.05, 0) is 28.7 Å². The summed E-state index contributed by atoms with van der Waals surface area (Å²) >= 11 is 0. The van der Waals surface area contributed by atoms with Crippen molar-refractivity contribution in [1.82, 2.24) is 0 Å². The zero-order chi connectivity index (χ0) is 31.1. The molecule has 236 valence electrons. The van der Waals surface area contributed by atoms with Crippen LogP contribution < -0.4 is 0 Å². The Kier molecular flexibility index (Phi) is 12.7. The van der Waals surface area contributed by atoms with Crippen LogP contribution in [0.4, 0.5) is 0 Å². The van der Waals surface area contributed by atoms with Gasteiger partial charge in [0, 0.05) is 6.42 Å². The van der Waals surface area contributed by atoms with Crippen LogP contribution in [0.5, 0.6) is 0 Å². The molecule has 0 N–H and O–H groups in total. The average Bonchev–Trinajstić information content (AvgIpc) is 3.10. The fourth-order valence-corrected chi connectivity index (χ4v) is 5.48. The number of carbonyl (C=O) groups is 1. The highest BCUT2D eigenvalue weighted by atomic mass is 16.6. The minimum absolute atomic E-state index is 0.185. The van der Waals surface area contributed by atoms with Crippen molar-refractivity contribution in [2.24, 2.45) is 0 Å². The van der Waals surface area contributed by atoms with Crippen molar-refractivity contribution in [2.45, 2.75) is 69.8 Å². The highest BCUT2D eigenvalue weighted by Gasteiger charge is 2.48. The summed E-state index contributed by atoms with van der Waals surface area (Å²) in [6.45, 7) is 1.80. The molecule has 4 aromatic carbocycles. The van der Waals surface area contributed by atoms with E-state index in [1.165, 1.54) is 7.11 Å². The number of hydrogen-bond donors (Lipinski definition) is 0. The second kappa shape index (κ2) is 17.6. The van der Waals surface area contributed by atoms with Gasteiger partial charge in [0.2, 0.25) is 0 Å². The monoisotopic (exact) mass is 610 g/mol. The van der Waals surface area contributed by atoms with Crippen molar-refractivity contribution in [3.8, 4) is 0 Å². The molecule has 4 aromatic rings. The first-order chi connectivity index (χ1) is 22.2. The molecule has 0 aromatic heterocycles. The maximum atomic E-state index is 12.3. The molecule has 7 heteroatoms. The van der Waals surface area contributed by atoms with Crippen molar-refractivity contribution >= 4 is 5.97 Å². The van der Waals surface area contributed by atoms with Crippen LogP contribution in [0.1, 0.15) is 35.1 Å². The van der Waals surface area contributed by atoms with E-state index in [0.29, 0.717) is 32.8 Å². The van der Waals surface area contributed by atoms with Crippen molar-refractivity contribution < 1.29 is 33.2 Å². The molecule has 7 nitrogen and oxygen atoms in total. The summed E-state index contributed by atoms with van der Waals surface area (Å²) in [6.07, 6.45) is -1.90. The topological polar surface area (TPSA) is 72.5 Å². The summed E-state index contributed by atoms with van der Waals surface area (Å²) in [5.41, 5.74) is 4.17. The van der Waals surface area contributed by atoms with E-state index < -0.39 is 30.5 Å². The van der Waals surface area contributed by atoms with E-state index in [4.69, 9.17) is 28.4 Å². The SMILES string of the molecule is COC(=O)CC[C@H]1O[C@H](COCc2ccccc2)[C@@H](OCc2ccccc2)[C@H](OCc2ccccc2)[C@H]1OCc1ccccc1. The summed E-state index contributed by atoms with van der Waals surface area (Å²) in [5, 5.41) is 0. The highest BCUT2D eigenvalue weighted by Crippen LogP contribution is 2.33. The zero-order valence-electron chi connectivity index (χ0n) is 25.7. The molecule has 0 saturated carbocycles. The minimum atomic E-state index is -0.523.